The number of hydrogen-bond donors (Lipinski definition) is 0. The number of fused-ring (bicyclic) bond motifs is 1. The van der Waals surface area contributed by atoms with Gasteiger partial charge in [0.2, 0.25) is 0 Å². The van der Waals surface area contributed by atoms with E-state index in [1.165, 1.54) is 11.8 Å². The molecule has 1 aliphatic heterocycles. The lowest BCUT2D eigenvalue weighted by Gasteiger charge is -2.14. The molecular weight excluding hydrogens is 396 g/mol. The standard InChI is InChI=1S/C23H20N4O2S/c1-29-14-13-27-22(28)21(30-23(27)25-18-7-3-2-4-8-18)15-17-16-26(12-11-24)20-10-6-5-9-19(17)20/h2-10,15-16H,12-14H2,1H3/b21-15-,25-23?. The molecule has 0 atom stereocenters. The van der Waals surface area contributed by atoms with E-state index < -0.39 is 0 Å². The van der Waals surface area contributed by atoms with Crippen molar-refractivity contribution in [3.63, 3.8) is 0 Å². The number of rotatable bonds is 6. The predicted octanol–water partition coefficient (Wildman–Crippen LogP) is 4.42. The molecule has 30 heavy (non-hydrogen) atoms. The Morgan fingerprint density at radius 1 is 1.17 bits per heavy atom. The number of para-hydroxylation sites is 2. The number of thioether (sulfide) groups is 1. The summed E-state index contributed by atoms with van der Waals surface area (Å²) in [5, 5.41) is 10.8. The molecule has 3 aromatic rings. The van der Waals surface area contributed by atoms with Crippen molar-refractivity contribution in [2.75, 3.05) is 20.3 Å². The van der Waals surface area contributed by atoms with E-state index in [4.69, 9.17) is 10.00 Å². The third-order valence-electron chi connectivity index (χ3n) is 4.74. The lowest BCUT2D eigenvalue weighted by molar-refractivity contribution is -0.122. The summed E-state index contributed by atoms with van der Waals surface area (Å²) in [5.41, 5.74) is 2.67. The van der Waals surface area contributed by atoms with Gasteiger partial charge < -0.3 is 9.30 Å². The molecule has 0 saturated carbocycles. The normalized spacial score (nSPS) is 16.7. The van der Waals surface area contributed by atoms with Crippen LogP contribution in [0.4, 0.5) is 5.69 Å². The van der Waals surface area contributed by atoms with Gasteiger partial charge in [-0.3, -0.25) is 9.69 Å². The van der Waals surface area contributed by atoms with Gasteiger partial charge in [0.25, 0.3) is 5.91 Å². The zero-order valence-electron chi connectivity index (χ0n) is 16.5. The van der Waals surface area contributed by atoms with Gasteiger partial charge in [0, 0.05) is 29.8 Å². The van der Waals surface area contributed by atoms with Crippen LogP contribution in [0.2, 0.25) is 0 Å². The zero-order valence-corrected chi connectivity index (χ0v) is 17.3. The lowest BCUT2D eigenvalue weighted by Crippen LogP contribution is -2.32. The van der Waals surface area contributed by atoms with Crippen LogP contribution in [0.5, 0.6) is 0 Å². The van der Waals surface area contributed by atoms with Gasteiger partial charge in [0.05, 0.1) is 29.8 Å². The van der Waals surface area contributed by atoms with E-state index in [1.54, 1.807) is 12.0 Å². The average molecular weight is 417 g/mol. The molecular formula is C23H20N4O2S. The van der Waals surface area contributed by atoms with E-state index in [0.29, 0.717) is 23.2 Å². The number of methoxy groups -OCH3 is 1. The van der Waals surface area contributed by atoms with Gasteiger partial charge in [-0.05, 0) is 36.0 Å². The van der Waals surface area contributed by atoms with Crippen LogP contribution >= 0.6 is 11.8 Å². The number of ether oxygens (including phenoxy) is 1. The number of hydrogen-bond acceptors (Lipinski definition) is 5. The van der Waals surface area contributed by atoms with Crippen LogP contribution in [0.25, 0.3) is 17.0 Å². The van der Waals surface area contributed by atoms with Gasteiger partial charge in [-0.25, -0.2) is 4.99 Å². The van der Waals surface area contributed by atoms with Crippen molar-refractivity contribution in [2.24, 2.45) is 4.99 Å². The molecule has 2 aromatic carbocycles. The van der Waals surface area contributed by atoms with Gasteiger partial charge in [-0.15, -0.1) is 0 Å². The molecule has 1 amide bonds. The molecule has 6 nitrogen and oxygen atoms in total. The second-order valence-electron chi connectivity index (χ2n) is 6.68. The first kappa shape index (κ1) is 20.0. The highest BCUT2D eigenvalue weighted by Crippen LogP contribution is 2.35. The Bertz CT molecular complexity index is 1170. The summed E-state index contributed by atoms with van der Waals surface area (Å²) >= 11 is 1.36. The van der Waals surface area contributed by atoms with E-state index in [-0.39, 0.29) is 12.5 Å². The number of amides is 1. The predicted molar refractivity (Wildman–Crippen MR) is 120 cm³/mol. The molecule has 0 N–H and O–H groups in total. The molecule has 0 aliphatic carbocycles. The van der Waals surface area contributed by atoms with Crippen molar-refractivity contribution in [2.45, 2.75) is 6.54 Å². The highest BCUT2D eigenvalue weighted by atomic mass is 32.2. The fourth-order valence-electron chi connectivity index (χ4n) is 3.32. The summed E-state index contributed by atoms with van der Waals surface area (Å²) < 4.78 is 7.08. The molecule has 1 saturated heterocycles. The molecule has 150 valence electrons. The maximum atomic E-state index is 13.1. The first-order chi connectivity index (χ1) is 14.7. The molecule has 1 fully saturated rings. The quantitative estimate of drug-likeness (QED) is 0.558. The van der Waals surface area contributed by atoms with Crippen LogP contribution in [0.15, 0.2) is 70.7 Å². The Balaban J connectivity index is 1.73. The topological polar surface area (TPSA) is 70.6 Å². The summed E-state index contributed by atoms with van der Waals surface area (Å²) in [6.45, 7) is 1.11. The molecule has 0 radical (unpaired) electrons. The molecule has 0 bridgehead atoms. The van der Waals surface area contributed by atoms with Crippen molar-refractivity contribution in [1.29, 1.82) is 5.26 Å². The van der Waals surface area contributed by atoms with Crippen LogP contribution in [0, 0.1) is 11.3 Å². The maximum absolute atomic E-state index is 13.1. The first-order valence-electron chi connectivity index (χ1n) is 9.50. The van der Waals surface area contributed by atoms with Gasteiger partial charge in [0.1, 0.15) is 6.54 Å². The third kappa shape index (κ3) is 4.01. The SMILES string of the molecule is COCCN1C(=O)/C(=C/c2cn(CC#N)c3ccccc23)SC1=Nc1ccccc1. The number of aromatic nitrogens is 1. The largest absolute Gasteiger partial charge is 0.383 e. The third-order valence-corrected chi connectivity index (χ3v) is 5.74. The molecule has 7 heteroatoms. The molecule has 1 aliphatic rings. The monoisotopic (exact) mass is 416 g/mol. The molecule has 2 heterocycles. The average Bonchev–Trinajstić information content (AvgIpc) is 3.25. The van der Waals surface area contributed by atoms with Crippen LogP contribution in [0.3, 0.4) is 0 Å². The number of amidine groups is 1. The van der Waals surface area contributed by atoms with Crippen molar-refractivity contribution >= 4 is 45.5 Å². The summed E-state index contributed by atoms with van der Waals surface area (Å²) in [6, 6.07) is 19.6. The number of benzene rings is 2. The highest BCUT2D eigenvalue weighted by Gasteiger charge is 2.33. The smallest absolute Gasteiger partial charge is 0.266 e. The van der Waals surface area contributed by atoms with E-state index in [9.17, 15) is 4.79 Å². The highest BCUT2D eigenvalue weighted by molar-refractivity contribution is 8.18. The van der Waals surface area contributed by atoms with E-state index in [1.807, 2.05) is 71.4 Å². The minimum absolute atomic E-state index is 0.0937. The van der Waals surface area contributed by atoms with E-state index in [0.717, 1.165) is 22.2 Å². The van der Waals surface area contributed by atoms with Crippen molar-refractivity contribution < 1.29 is 9.53 Å². The summed E-state index contributed by atoms with van der Waals surface area (Å²) in [7, 11) is 1.61. The minimum atomic E-state index is -0.0937. The first-order valence-corrected chi connectivity index (χ1v) is 10.3. The van der Waals surface area contributed by atoms with Crippen molar-refractivity contribution in [3.8, 4) is 6.07 Å². The van der Waals surface area contributed by atoms with Crippen LogP contribution in [-0.4, -0.2) is 40.8 Å². The Labute approximate surface area is 179 Å². The fraction of sp³-hybridized carbons (Fsp3) is 0.174. The minimum Gasteiger partial charge on any atom is -0.383 e. The van der Waals surface area contributed by atoms with E-state index in [2.05, 4.69) is 11.1 Å². The molecule has 1 aromatic heterocycles. The van der Waals surface area contributed by atoms with Gasteiger partial charge >= 0.3 is 0 Å². The van der Waals surface area contributed by atoms with Crippen LogP contribution in [0.1, 0.15) is 5.56 Å². The number of carbonyl (C=O) groups is 1. The van der Waals surface area contributed by atoms with Gasteiger partial charge in [-0.1, -0.05) is 36.4 Å². The summed E-state index contributed by atoms with van der Waals surface area (Å²) in [4.78, 5) is 20.0. The maximum Gasteiger partial charge on any atom is 0.266 e. The molecule has 0 spiro atoms. The number of nitrogens with zero attached hydrogens (tertiary/aromatic N) is 4. The Kier molecular flexibility index (Phi) is 5.98. The van der Waals surface area contributed by atoms with Crippen LogP contribution < -0.4 is 0 Å². The molecule has 0 unspecified atom stereocenters. The van der Waals surface area contributed by atoms with Crippen molar-refractivity contribution in [1.82, 2.24) is 9.47 Å². The summed E-state index contributed by atoms with van der Waals surface area (Å²) in [6.07, 6.45) is 3.80. The van der Waals surface area contributed by atoms with Gasteiger partial charge in [-0.2, -0.15) is 5.26 Å². The van der Waals surface area contributed by atoms with Crippen molar-refractivity contribution in [3.05, 3.63) is 71.3 Å². The summed E-state index contributed by atoms with van der Waals surface area (Å²) in [5.74, 6) is -0.0937. The van der Waals surface area contributed by atoms with E-state index >= 15 is 0 Å². The second kappa shape index (κ2) is 8.99. The Hall–Kier alpha value is -3.34. The number of nitriles is 1. The number of carbonyl (C=O) groups excluding carboxylic acids is 1. The number of aliphatic imine (C=N–C) groups is 1. The Morgan fingerprint density at radius 3 is 2.70 bits per heavy atom. The van der Waals surface area contributed by atoms with Gasteiger partial charge in [0.15, 0.2) is 5.17 Å². The lowest BCUT2D eigenvalue weighted by atomic mass is 10.1. The second-order valence-corrected chi connectivity index (χ2v) is 7.69. The fourth-order valence-corrected chi connectivity index (χ4v) is 4.34. The molecule has 4 rings (SSSR count). The van der Waals surface area contributed by atoms with Crippen LogP contribution in [-0.2, 0) is 16.1 Å². The zero-order chi connectivity index (χ0) is 20.9. The Morgan fingerprint density at radius 2 is 1.93 bits per heavy atom.